The summed E-state index contributed by atoms with van der Waals surface area (Å²) in [5.41, 5.74) is 2.14. The first kappa shape index (κ1) is 16.3. The van der Waals surface area contributed by atoms with E-state index >= 15 is 0 Å². The second-order valence-corrected chi connectivity index (χ2v) is 5.33. The highest BCUT2D eigenvalue weighted by molar-refractivity contribution is 6.23. The number of anilines is 2. The average molecular weight is 332 g/mol. The van der Waals surface area contributed by atoms with Crippen molar-refractivity contribution in [1.29, 1.82) is 0 Å². The lowest BCUT2D eigenvalue weighted by Gasteiger charge is -2.27. The zero-order valence-corrected chi connectivity index (χ0v) is 13.4. The third-order valence-corrected chi connectivity index (χ3v) is 3.67. The van der Waals surface area contributed by atoms with E-state index in [1.165, 1.54) is 11.0 Å². The Labute approximate surface area is 145 Å². The van der Waals surface area contributed by atoms with Gasteiger partial charge in [0.15, 0.2) is 0 Å². The van der Waals surface area contributed by atoms with Crippen LogP contribution in [0.15, 0.2) is 54.6 Å². The van der Waals surface area contributed by atoms with E-state index in [1.807, 2.05) is 24.3 Å². The van der Waals surface area contributed by atoms with Crippen LogP contribution in [-0.4, -0.2) is 25.0 Å². The van der Waals surface area contributed by atoms with Crippen molar-refractivity contribution in [1.82, 2.24) is 0 Å². The van der Waals surface area contributed by atoms with Crippen molar-refractivity contribution in [2.75, 3.05) is 23.4 Å². The molecule has 25 heavy (non-hydrogen) atoms. The Morgan fingerprint density at radius 2 is 2.00 bits per heavy atom. The molecule has 2 amide bonds. The monoisotopic (exact) mass is 332 g/mol. The summed E-state index contributed by atoms with van der Waals surface area (Å²) < 4.78 is 5.30. The van der Waals surface area contributed by atoms with Gasteiger partial charge < -0.3 is 10.1 Å². The Hall–Kier alpha value is -3.52. The highest BCUT2D eigenvalue weighted by atomic mass is 16.5. The van der Waals surface area contributed by atoms with Gasteiger partial charge in [-0.05, 0) is 35.9 Å². The molecule has 1 aliphatic heterocycles. The van der Waals surface area contributed by atoms with E-state index in [1.54, 1.807) is 30.3 Å². The van der Waals surface area contributed by atoms with Crippen molar-refractivity contribution in [2.45, 2.75) is 0 Å². The third kappa shape index (κ3) is 3.70. The number of hydrogen-bond acceptors (Lipinski definition) is 4. The standard InChI is InChI=1S/C20H16N2O3/c1-2-13-25-16-10-7-15(8-11-16)9-12-19(23)22-18-6-4-3-5-17(18)21-14-20(22)24/h1,3-12,21H,13-14H2/b12-9+. The molecule has 0 spiro atoms. The second kappa shape index (κ2) is 7.37. The molecular weight excluding hydrogens is 316 g/mol. The molecule has 2 aromatic carbocycles. The van der Waals surface area contributed by atoms with Gasteiger partial charge in [-0.3, -0.25) is 9.59 Å². The highest BCUT2D eigenvalue weighted by Crippen LogP contribution is 2.29. The quantitative estimate of drug-likeness (QED) is 0.691. The Morgan fingerprint density at radius 1 is 1.24 bits per heavy atom. The molecule has 0 radical (unpaired) electrons. The molecule has 3 rings (SSSR count). The number of benzene rings is 2. The lowest BCUT2D eigenvalue weighted by Crippen LogP contribution is -2.43. The number of amides is 2. The van der Waals surface area contributed by atoms with Gasteiger partial charge in [-0.15, -0.1) is 6.42 Å². The zero-order chi connectivity index (χ0) is 17.6. The summed E-state index contributed by atoms with van der Waals surface area (Å²) in [5.74, 6) is 2.39. The van der Waals surface area contributed by atoms with Crippen LogP contribution in [0.5, 0.6) is 5.75 Å². The normalized spacial score (nSPS) is 13.1. The lowest BCUT2D eigenvalue weighted by molar-refractivity contribution is -0.123. The minimum atomic E-state index is -0.383. The molecule has 0 fully saturated rings. The number of imide groups is 1. The summed E-state index contributed by atoms with van der Waals surface area (Å²) >= 11 is 0. The molecule has 124 valence electrons. The summed E-state index contributed by atoms with van der Waals surface area (Å²) in [6.07, 6.45) is 8.19. The van der Waals surface area contributed by atoms with Crippen LogP contribution < -0.4 is 15.0 Å². The van der Waals surface area contributed by atoms with Crippen molar-refractivity contribution in [2.24, 2.45) is 0 Å². The number of ether oxygens (including phenoxy) is 1. The van der Waals surface area contributed by atoms with Gasteiger partial charge in [0.1, 0.15) is 12.4 Å². The highest BCUT2D eigenvalue weighted by Gasteiger charge is 2.27. The molecule has 2 aromatic rings. The van der Waals surface area contributed by atoms with Gasteiger partial charge in [0.2, 0.25) is 0 Å². The molecular formula is C20H16N2O3. The van der Waals surface area contributed by atoms with E-state index in [-0.39, 0.29) is 25.0 Å². The van der Waals surface area contributed by atoms with Crippen LogP contribution in [0.3, 0.4) is 0 Å². The van der Waals surface area contributed by atoms with Crippen molar-refractivity contribution in [3.8, 4) is 18.1 Å². The maximum absolute atomic E-state index is 12.5. The molecule has 1 N–H and O–H groups in total. The SMILES string of the molecule is C#CCOc1ccc(/C=C/C(=O)N2C(=O)CNc3ccccc32)cc1. The molecule has 0 saturated carbocycles. The van der Waals surface area contributed by atoms with Gasteiger partial charge in [-0.2, -0.15) is 0 Å². The smallest absolute Gasteiger partial charge is 0.257 e. The predicted molar refractivity (Wildman–Crippen MR) is 97.2 cm³/mol. The number of rotatable bonds is 4. The van der Waals surface area contributed by atoms with Gasteiger partial charge in [-0.25, -0.2) is 4.90 Å². The van der Waals surface area contributed by atoms with E-state index in [4.69, 9.17) is 11.2 Å². The van der Waals surface area contributed by atoms with E-state index in [2.05, 4.69) is 11.2 Å². The molecule has 0 bridgehead atoms. The number of carbonyl (C=O) groups excluding carboxylic acids is 2. The Bertz CT molecular complexity index is 863. The summed E-state index contributed by atoms with van der Waals surface area (Å²) in [4.78, 5) is 25.8. The number of nitrogens with zero attached hydrogens (tertiary/aromatic N) is 1. The summed E-state index contributed by atoms with van der Waals surface area (Å²) in [5, 5.41) is 3.00. The second-order valence-electron chi connectivity index (χ2n) is 5.33. The maximum Gasteiger partial charge on any atom is 0.257 e. The molecule has 0 saturated heterocycles. The van der Waals surface area contributed by atoms with Crippen LogP contribution >= 0.6 is 0 Å². The molecule has 5 nitrogen and oxygen atoms in total. The third-order valence-electron chi connectivity index (χ3n) is 3.67. The number of fused-ring (bicyclic) bond motifs is 1. The Morgan fingerprint density at radius 3 is 2.76 bits per heavy atom. The topological polar surface area (TPSA) is 58.6 Å². The van der Waals surface area contributed by atoms with Crippen molar-refractivity contribution in [3.63, 3.8) is 0 Å². The number of terminal acetylenes is 1. The van der Waals surface area contributed by atoms with Gasteiger partial charge in [0.05, 0.1) is 17.9 Å². The van der Waals surface area contributed by atoms with Crippen LogP contribution in [-0.2, 0) is 9.59 Å². The maximum atomic E-state index is 12.5. The van der Waals surface area contributed by atoms with Crippen LogP contribution in [0.25, 0.3) is 6.08 Å². The van der Waals surface area contributed by atoms with Crippen molar-refractivity contribution in [3.05, 3.63) is 60.2 Å². The fourth-order valence-electron chi connectivity index (χ4n) is 2.49. The summed E-state index contributed by atoms with van der Waals surface area (Å²) in [6, 6.07) is 14.4. The first-order chi connectivity index (χ1) is 12.2. The van der Waals surface area contributed by atoms with E-state index in [0.29, 0.717) is 11.4 Å². The number of hydrogen-bond donors (Lipinski definition) is 1. The summed E-state index contributed by atoms with van der Waals surface area (Å²) in [6.45, 7) is 0.302. The van der Waals surface area contributed by atoms with Gasteiger partial charge in [0, 0.05) is 6.08 Å². The molecule has 0 aliphatic carbocycles. The van der Waals surface area contributed by atoms with Gasteiger partial charge in [0.25, 0.3) is 11.8 Å². The van der Waals surface area contributed by atoms with E-state index in [9.17, 15) is 9.59 Å². The van der Waals surface area contributed by atoms with Gasteiger partial charge in [-0.1, -0.05) is 30.2 Å². The fraction of sp³-hybridized carbons (Fsp3) is 0.100. The molecule has 0 atom stereocenters. The van der Waals surface area contributed by atoms with Crippen molar-refractivity contribution >= 4 is 29.3 Å². The number of carbonyl (C=O) groups is 2. The first-order valence-corrected chi connectivity index (χ1v) is 7.73. The van der Waals surface area contributed by atoms with Crippen LogP contribution in [0.4, 0.5) is 11.4 Å². The van der Waals surface area contributed by atoms with Crippen molar-refractivity contribution < 1.29 is 14.3 Å². The Balaban J connectivity index is 1.75. The van der Waals surface area contributed by atoms with Crippen LogP contribution in [0.1, 0.15) is 5.56 Å². The summed E-state index contributed by atoms with van der Waals surface area (Å²) in [7, 11) is 0. The largest absolute Gasteiger partial charge is 0.481 e. The Kier molecular flexibility index (Phi) is 4.82. The van der Waals surface area contributed by atoms with E-state index < -0.39 is 0 Å². The zero-order valence-electron chi connectivity index (χ0n) is 13.4. The predicted octanol–water partition coefficient (Wildman–Crippen LogP) is 2.70. The fourth-order valence-corrected chi connectivity index (χ4v) is 2.49. The molecule has 0 aromatic heterocycles. The average Bonchev–Trinajstić information content (AvgIpc) is 2.65. The molecule has 0 unspecified atom stereocenters. The van der Waals surface area contributed by atoms with Crippen LogP contribution in [0, 0.1) is 12.3 Å². The van der Waals surface area contributed by atoms with Gasteiger partial charge >= 0.3 is 0 Å². The molecule has 1 heterocycles. The molecule has 1 aliphatic rings. The van der Waals surface area contributed by atoms with Crippen LogP contribution in [0.2, 0.25) is 0 Å². The minimum absolute atomic E-state index is 0.0950. The molecule has 5 heteroatoms. The minimum Gasteiger partial charge on any atom is -0.481 e. The number of para-hydroxylation sites is 2. The number of nitrogens with one attached hydrogen (secondary N) is 1. The lowest BCUT2D eigenvalue weighted by atomic mass is 10.1. The first-order valence-electron chi connectivity index (χ1n) is 7.73. The van der Waals surface area contributed by atoms with E-state index in [0.717, 1.165) is 11.3 Å².